The van der Waals surface area contributed by atoms with Crippen LogP contribution < -0.4 is 0 Å². The third kappa shape index (κ3) is 3.88. The molecule has 82 valence electrons. The van der Waals surface area contributed by atoms with Gasteiger partial charge in [-0.2, -0.15) is 0 Å². The molecule has 0 bridgehead atoms. The molecule has 0 N–H and O–H groups in total. The third-order valence-electron chi connectivity index (χ3n) is 1.86. The maximum absolute atomic E-state index is 13.5. The average Bonchev–Trinajstić information content (AvgIpc) is 2.18. The Balaban J connectivity index is 2.60. The molecule has 0 aliphatic heterocycles. The zero-order valence-corrected chi connectivity index (χ0v) is 9.13. The van der Waals surface area contributed by atoms with Gasteiger partial charge in [0.2, 0.25) is 0 Å². The lowest BCUT2D eigenvalue weighted by molar-refractivity contribution is -0.144. The van der Waals surface area contributed by atoms with Gasteiger partial charge < -0.3 is 4.74 Å². The third-order valence-corrected chi connectivity index (χ3v) is 2.10. The van der Waals surface area contributed by atoms with Gasteiger partial charge >= 0.3 is 5.97 Å². The number of ether oxygens (including phenoxy) is 1. The fourth-order valence-electron chi connectivity index (χ4n) is 1.19. The summed E-state index contributed by atoms with van der Waals surface area (Å²) in [6.07, 6.45) is -1.63. The zero-order chi connectivity index (χ0) is 11.3. The number of hydrogen-bond acceptors (Lipinski definition) is 2. The summed E-state index contributed by atoms with van der Waals surface area (Å²) in [6.45, 7) is 1.95. The maximum atomic E-state index is 13.5. The van der Waals surface area contributed by atoms with Crippen molar-refractivity contribution in [3.63, 3.8) is 0 Å². The van der Waals surface area contributed by atoms with Gasteiger partial charge in [0.15, 0.2) is 0 Å². The van der Waals surface area contributed by atoms with Crippen molar-refractivity contribution in [2.45, 2.75) is 19.5 Å². The molecule has 2 nitrogen and oxygen atoms in total. The van der Waals surface area contributed by atoms with Crippen LogP contribution >= 0.6 is 11.6 Å². The van der Waals surface area contributed by atoms with E-state index in [-0.39, 0.29) is 13.0 Å². The van der Waals surface area contributed by atoms with E-state index in [1.165, 1.54) is 6.07 Å². The van der Waals surface area contributed by atoms with Crippen LogP contribution in [-0.2, 0) is 9.53 Å². The van der Waals surface area contributed by atoms with Crippen LogP contribution in [0.1, 0.15) is 25.1 Å². The molecule has 1 aromatic carbocycles. The van der Waals surface area contributed by atoms with E-state index < -0.39 is 12.1 Å². The number of hydrogen-bond donors (Lipinski definition) is 0. The lowest BCUT2D eigenvalue weighted by atomic mass is 10.1. The Labute approximate surface area is 93.0 Å². The lowest BCUT2D eigenvalue weighted by Gasteiger charge is -2.07. The van der Waals surface area contributed by atoms with Gasteiger partial charge in [0, 0.05) is 5.02 Å². The summed E-state index contributed by atoms with van der Waals surface area (Å²) in [5.74, 6) is -0.537. The van der Waals surface area contributed by atoms with Crippen molar-refractivity contribution >= 4 is 17.6 Å². The van der Waals surface area contributed by atoms with Gasteiger partial charge in [-0.1, -0.05) is 23.7 Å². The molecule has 0 heterocycles. The molecule has 0 fully saturated rings. The molecular weight excluding hydrogens is 219 g/mol. The molecule has 0 spiro atoms. The Morgan fingerprint density at radius 1 is 1.60 bits per heavy atom. The van der Waals surface area contributed by atoms with E-state index in [2.05, 4.69) is 4.74 Å². The van der Waals surface area contributed by atoms with Crippen LogP contribution in [0.4, 0.5) is 4.39 Å². The van der Waals surface area contributed by atoms with Gasteiger partial charge in [-0.15, -0.1) is 0 Å². The normalized spacial score (nSPS) is 12.2. The van der Waals surface area contributed by atoms with Crippen LogP contribution in [0.5, 0.6) is 0 Å². The molecule has 1 unspecified atom stereocenters. The predicted molar refractivity (Wildman–Crippen MR) is 56.6 cm³/mol. The highest BCUT2D eigenvalue weighted by Crippen LogP contribution is 2.24. The van der Waals surface area contributed by atoms with Gasteiger partial charge in [-0.05, 0) is 24.6 Å². The number of carbonyl (C=O) groups excluding carboxylic acids is 1. The molecule has 0 aliphatic carbocycles. The molecule has 1 rings (SSSR count). The van der Waals surface area contributed by atoms with Crippen LogP contribution in [0.2, 0.25) is 5.02 Å². The largest absolute Gasteiger partial charge is 0.466 e. The molecule has 15 heavy (non-hydrogen) atoms. The number of alkyl halides is 1. The van der Waals surface area contributed by atoms with E-state index in [4.69, 9.17) is 11.6 Å². The van der Waals surface area contributed by atoms with Crippen molar-refractivity contribution in [2.24, 2.45) is 0 Å². The van der Waals surface area contributed by atoms with Gasteiger partial charge in [0.1, 0.15) is 6.17 Å². The van der Waals surface area contributed by atoms with Crippen molar-refractivity contribution in [2.75, 3.05) is 6.61 Å². The highest BCUT2D eigenvalue weighted by Gasteiger charge is 2.15. The Kier molecular flexibility index (Phi) is 4.56. The van der Waals surface area contributed by atoms with Gasteiger partial charge in [-0.3, -0.25) is 4.79 Å². The highest BCUT2D eigenvalue weighted by molar-refractivity contribution is 6.30. The maximum Gasteiger partial charge on any atom is 0.309 e. The van der Waals surface area contributed by atoms with E-state index in [1.54, 1.807) is 25.1 Å². The molecule has 4 heteroatoms. The smallest absolute Gasteiger partial charge is 0.309 e. The second kappa shape index (κ2) is 5.71. The SMILES string of the molecule is CCOC(=O)CC(F)c1cccc(Cl)c1. The van der Waals surface area contributed by atoms with Crippen LogP contribution in [0, 0.1) is 0 Å². The monoisotopic (exact) mass is 230 g/mol. The molecule has 1 aromatic rings. The first kappa shape index (κ1) is 12.0. The predicted octanol–water partition coefficient (Wildman–Crippen LogP) is 3.30. The minimum absolute atomic E-state index is 0.265. The number of benzene rings is 1. The molecule has 1 atom stereocenters. The minimum Gasteiger partial charge on any atom is -0.466 e. The fourth-order valence-corrected chi connectivity index (χ4v) is 1.38. The molecule has 0 aromatic heterocycles. The van der Waals surface area contributed by atoms with Crippen LogP contribution in [0.3, 0.4) is 0 Å². The number of carbonyl (C=O) groups is 1. The Hall–Kier alpha value is -1.09. The van der Waals surface area contributed by atoms with Crippen molar-refractivity contribution in [1.29, 1.82) is 0 Å². The van der Waals surface area contributed by atoms with Crippen molar-refractivity contribution in [3.8, 4) is 0 Å². The second-order valence-corrected chi connectivity index (χ2v) is 3.47. The van der Waals surface area contributed by atoms with Gasteiger partial charge in [0.05, 0.1) is 13.0 Å². The molecule has 0 amide bonds. The van der Waals surface area contributed by atoms with E-state index in [0.717, 1.165) is 0 Å². The Morgan fingerprint density at radius 2 is 2.33 bits per heavy atom. The molecular formula is C11H12ClFO2. The van der Waals surface area contributed by atoms with Gasteiger partial charge in [0.25, 0.3) is 0 Å². The summed E-state index contributed by atoms with van der Waals surface area (Å²) in [5.41, 5.74) is 0.399. The summed E-state index contributed by atoms with van der Waals surface area (Å²) in [4.78, 5) is 11.0. The zero-order valence-electron chi connectivity index (χ0n) is 8.37. The van der Waals surface area contributed by atoms with Crippen LogP contribution in [0.15, 0.2) is 24.3 Å². The molecule has 0 saturated heterocycles. The minimum atomic E-state index is -1.36. The average molecular weight is 231 g/mol. The number of halogens is 2. The summed E-state index contributed by atoms with van der Waals surface area (Å²) < 4.78 is 18.2. The van der Waals surface area contributed by atoms with E-state index >= 15 is 0 Å². The van der Waals surface area contributed by atoms with Crippen LogP contribution in [0.25, 0.3) is 0 Å². The second-order valence-electron chi connectivity index (χ2n) is 3.03. The standard InChI is InChI=1S/C11H12ClFO2/c1-2-15-11(14)7-10(13)8-4-3-5-9(12)6-8/h3-6,10H,2,7H2,1H3. The Morgan fingerprint density at radius 3 is 2.93 bits per heavy atom. The fraction of sp³-hybridized carbons (Fsp3) is 0.364. The molecule has 0 radical (unpaired) electrons. The first-order valence-electron chi connectivity index (χ1n) is 4.68. The first-order valence-corrected chi connectivity index (χ1v) is 5.06. The number of esters is 1. The Bertz CT molecular complexity index is 341. The van der Waals surface area contributed by atoms with Crippen molar-refractivity contribution < 1.29 is 13.9 Å². The van der Waals surface area contributed by atoms with Crippen molar-refractivity contribution in [3.05, 3.63) is 34.9 Å². The molecule has 0 aliphatic rings. The summed E-state index contributed by atoms with van der Waals surface area (Å²) in [6, 6.07) is 6.40. The van der Waals surface area contributed by atoms with Gasteiger partial charge in [-0.25, -0.2) is 4.39 Å². The van der Waals surface area contributed by atoms with E-state index in [1.807, 2.05) is 0 Å². The van der Waals surface area contributed by atoms with E-state index in [9.17, 15) is 9.18 Å². The topological polar surface area (TPSA) is 26.3 Å². The summed E-state index contributed by atoms with van der Waals surface area (Å²) in [5, 5.41) is 0.457. The highest BCUT2D eigenvalue weighted by atomic mass is 35.5. The first-order chi connectivity index (χ1) is 7.13. The van der Waals surface area contributed by atoms with Crippen LogP contribution in [-0.4, -0.2) is 12.6 Å². The van der Waals surface area contributed by atoms with Crippen molar-refractivity contribution in [1.82, 2.24) is 0 Å². The quantitative estimate of drug-likeness (QED) is 0.742. The lowest BCUT2D eigenvalue weighted by Crippen LogP contribution is -2.07. The van der Waals surface area contributed by atoms with E-state index in [0.29, 0.717) is 10.6 Å². The summed E-state index contributed by atoms with van der Waals surface area (Å²) >= 11 is 5.70. The number of rotatable bonds is 4. The molecule has 0 saturated carbocycles. The summed E-state index contributed by atoms with van der Waals surface area (Å²) in [7, 11) is 0.